The maximum absolute atomic E-state index is 12.2. The first kappa shape index (κ1) is 17.8. The standard InChI is InChI=1S/C16H14Cl3NO3S/c17-13(18)14(21)20-7-1-3-10-9-16(19,6-5-11(10)20)23-15(22)12-4-2-8-24-12/h2,4-6,8,13H,1,3,7,9H2. The van der Waals surface area contributed by atoms with Crippen molar-refractivity contribution < 1.29 is 14.3 Å². The van der Waals surface area contributed by atoms with E-state index in [2.05, 4.69) is 0 Å². The number of carbonyl (C=O) groups is 2. The van der Waals surface area contributed by atoms with Gasteiger partial charge in [-0.2, -0.15) is 0 Å². The van der Waals surface area contributed by atoms with Crippen molar-refractivity contribution in [3.8, 4) is 0 Å². The van der Waals surface area contributed by atoms with Crippen LogP contribution in [0.15, 0.2) is 40.9 Å². The van der Waals surface area contributed by atoms with Gasteiger partial charge in [-0.1, -0.05) is 40.9 Å². The number of esters is 1. The molecule has 0 fully saturated rings. The second-order valence-corrected chi connectivity index (χ2v) is 8.23. The number of allylic oxidation sites excluding steroid dienone is 1. The first-order valence-electron chi connectivity index (χ1n) is 7.36. The minimum atomic E-state index is -1.24. The van der Waals surface area contributed by atoms with Gasteiger partial charge in [0.2, 0.25) is 5.06 Å². The third kappa shape index (κ3) is 3.64. The first-order valence-corrected chi connectivity index (χ1v) is 9.49. The van der Waals surface area contributed by atoms with E-state index in [-0.39, 0.29) is 5.91 Å². The number of ether oxygens (including phenoxy) is 1. The first-order chi connectivity index (χ1) is 11.4. The molecule has 24 heavy (non-hydrogen) atoms. The van der Waals surface area contributed by atoms with Gasteiger partial charge in [0.25, 0.3) is 5.91 Å². The molecule has 1 unspecified atom stereocenters. The van der Waals surface area contributed by atoms with Crippen molar-refractivity contribution in [1.82, 2.24) is 4.90 Å². The van der Waals surface area contributed by atoms with Gasteiger partial charge in [0.1, 0.15) is 4.88 Å². The molecule has 1 aromatic rings. The van der Waals surface area contributed by atoms with Gasteiger partial charge in [0.15, 0.2) is 4.84 Å². The molecular formula is C16H14Cl3NO3S. The summed E-state index contributed by atoms with van der Waals surface area (Å²) in [4.78, 5) is 25.2. The lowest BCUT2D eigenvalue weighted by Gasteiger charge is -2.37. The molecule has 3 rings (SSSR count). The highest BCUT2D eigenvalue weighted by Crippen LogP contribution is 2.40. The van der Waals surface area contributed by atoms with Crippen LogP contribution in [0.4, 0.5) is 0 Å². The van der Waals surface area contributed by atoms with Gasteiger partial charge < -0.3 is 9.64 Å². The molecule has 0 spiro atoms. The SMILES string of the molecule is O=C(OC1(Cl)C=CC2=C(CCCN2C(=O)C(Cl)Cl)C1)c1cccs1. The van der Waals surface area contributed by atoms with Crippen molar-refractivity contribution in [2.24, 2.45) is 0 Å². The highest BCUT2D eigenvalue weighted by Gasteiger charge is 2.38. The second-order valence-electron chi connectivity index (χ2n) is 5.55. The summed E-state index contributed by atoms with van der Waals surface area (Å²) in [7, 11) is 0. The largest absolute Gasteiger partial charge is 0.435 e. The Labute approximate surface area is 158 Å². The number of halogens is 3. The lowest BCUT2D eigenvalue weighted by molar-refractivity contribution is -0.127. The summed E-state index contributed by atoms with van der Waals surface area (Å²) >= 11 is 19.2. The lowest BCUT2D eigenvalue weighted by atomic mass is 9.91. The summed E-state index contributed by atoms with van der Waals surface area (Å²) in [6.45, 7) is 0.558. The van der Waals surface area contributed by atoms with Crippen LogP contribution in [-0.4, -0.2) is 33.2 Å². The second kappa shape index (κ2) is 7.08. The Balaban J connectivity index is 1.78. The Kier molecular flexibility index (Phi) is 5.25. The molecule has 4 nitrogen and oxygen atoms in total. The van der Waals surface area contributed by atoms with E-state index in [4.69, 9.17) is 39.5 Å². The summed E-state index contributed by atoms with van der Waals surface area (Å²) in [5.41, 5.74) is 1.71. The molecule has 1 aliphatic heterocycles. The lowest BCUT2D eigenvalue weighted by Crippen LogP contribution is -2.40. The van der Waals surface area contributed by atoms with Crippen LogP contribution in [0.5, 0.6) is 0 Å². The van der Waals surface area contributed by atoms with Crippen molar-refractivity contribution in [3.63, 3.8) is 0 Å². The van der Waals surface area contributed by atoms with E-state index in [0.29, 0.717) is 17.8 Å². The molecule has 0 bridgehead atoms. The van der Waals surface area contributed by atoms with Crippen LogP contribution in [0, 0.1) is 0 Å². The number of nitrogens with zero attached hydrogens (tertiary/aromatic N) is 1. The van der Waals surface area contributed by atoms with Gasteiger partial charge in [-0.05, 0) is 42.0 Å². The van der Waals surface area contributed by atoms with Crippen molar-refractivity contribution in [3.05, 3.63) is 45.8 Å². The molecule has 0 N–H and O–H groups in total. The van der Waals surface area contributed by atoms with Crippen molar-refractivity contribution in [2.75, 3.05) is 6.54 Å². The summed E-state index contributed by atoms with van der Waals surface area (Å²) in [5.74, 6) is -0.813. The quantitative estimate of drug-likeness (QED) is 0.549. The molecule has 0 saturated carbocycles. The van der Waals surface area contributed by atoms with Crippen molar-refractivity contribution in [1.29, 1.82) is 0 Å². The fourth-order valence-corrected chi connectivity index (χ4v) is 3.97. The summed E-state index contributed by atoms with van der Waals surface area (Å²) in [5, 5.41) is 0.557. The number of carbonyl (C=O) groups excluding carboxylic acids is 2. The molecule has 1 amide bonds. The van der Waals surface area contributed by atoms with Crippen LogP contribution in [0.1, 0.15) is 28.9 Å². The van der Waals surface area contributed by atoms with Gasteiger partial charge in [0.05, 0.1) is 0 Å². The van der Waals surface area contributed by atoms with Crippen LogP contribution in [0.2, 0.25) is 0 Å². The molecule has 2 aliphatic rings. The van der Waals surface area contributed by atoms with Gasteiger partial charge in [0, 0.05) is 18.7 Å². The van der Waals surface area contributed by atoms with E-state index in [1.54, 1.807) is 34.6 Å². The van der Waals surface area contributed by atoms with Crippen LogP contribution in [-0.2, 0) is 9.53 Å². The van der Waals surface area contributed by atoms with E-state index in [1.807, 2.05) is 0 Å². The van der Waals surface area contributed by atoms with E-state index < -0.39 is 15.9 Å². The Bertz CT molecular complexity index is 714. The van der Waals surface area contributed by atoms with Gasteiger partial charge in [-0.3, -0.25) is 4.79 Å². The number of hydrogen-bond donors (Lipinski definition) is 0. The summed E-state index contributed by atoms with van der Waals surface area (Å²) in [6.07, 6.45) is 5.20. The molecule has 1 aromatic heterocycles. The fraction of sp³-hybridized carbons (Fsp3) is 0.375. The molecule has 128 valence electrons. The zero-order chi connectivity index (χ0) is 17.3. The zero-order valence-corrected chi connectivity index (χ0v) is 15.6. The molecule has 0 saturated heterocycles. The normalized spacial score (nSPS) is 23.4. The number of thiophene rings is 1. The third-order valence-corrected chi connectivity index (χ3v) is 5.46. The van der Waals surface area contributed by atoms with Crippen molar-refractivity contribution >= 4 is 58.0 Å². The molecule has 1 aliphatic carbocycles. The Morgan fingerprint density at radius 3 is 2.83 bits per heavy atom. The highest BCUT2D eigenvalue weighted by molar-refractivity contribution is 7.12. The average molecular weight is 407 g/mol. The number of amides is 1. The number of alkyl halides is 3. The van der Waals surface area contributed by atoms with Crippen LogP contribution < -0.4 is 0 Å². The van der Waals surface area contributed by atoms with Gasteiger partial charge in [-0.15, -0.1) is 11.3 Å². The smallest absolute Gasteiger partial charge is 0.350 e. The molecule has 1 atom stereocenters. The number of hydrogen-bond acceptors (Lipinski definition) is 4. The third-order valence-electron chi connectivity index (χ3n) is 3.90. The minimum Gasteiger partial charge on any atom is -0.435 e. The van der Waals surface area contributed by atoms with E-state index in [9.17, 15) is 9.59 Å². The summed E-state index contributed by atoms with van der Waals surface area (Å²) < 4.78 is 5.48. The molecular weight excluding hydrogens is 393 g/mol. The molecule has 8 heteroatoms. The topological polar surface area (TPSA) is 46.6 Å². The van der Waals surface area contributed by atoms with Gasteiger partial charge in [-0.25, -0.2) is 4.79 Å². The highest BCUT2D eigenvalue weighted by atomic mass is 35.5. The Hall–Kier alpha value is -1.01. The molecule has 2 heterocycles. The van der Waals surface area contributed by atoms with Gasteiger partial charge >= 0.3 is 5.97 Å². The van der Waals surface area contributed by atoms with Crippen LogP contribution in [0.25, 0.3) is 0 Å². The Morgan fingerprint density at radius 1 is 1.38 bits per heavy atom. The molecule has 0 aromatic carbocycles. The van der Waals surface area contributed by atoms with E-state index in [0.717, 1.165) is 24.1 Å². The van der Waals surface area contributed by atoms with Crippen molar-refractivity contribution in [2.45, 2.75) is 29.2 Å². The zero-order valence-electron chi connectivity index (χ0n) is 12.5. The fourth-order valence-electron chi connectivity index (χ4n) is 2.85. The maximum Gasteiger partial charge on any atom is 0.350 e. The summed E-state index contributed by atoms with van der Waals surface area (Å²) in [6, 6.07) is 3.46. The molecule has 0 radical (unpaired) electrons. The van der Waals surface area contributed by atoms with Crippen LogP contribution in [0.3, 0.4) is 0 Å². The number of rotatable bonds is 3. The predicted molar refractivity (Wildman–Crippen MR) is 95.5 cm³/mol. The monoisotopic (exact) mass is 405 g/mol. The van der Waals surface area contributed by atoms with Crippen LogP contribution >= 0.6 is 46.1 Å². The average Bonchev–Trinajstić information content (AvgIpc) is 3.07. The Morgan fingerprint density at radius 2 is 2.17 bits per heavy atom. The maximum atomic E-state index is 12.2. The predicted octanol–water partition coefficient (Wildman–Crippen LogP) is 4.48. The van der Waals surface area contributed by atoms with E-state index in [1.165, 1.54) is 11.3 Å². The minimum absolute atomic E-state index is 0.330. The van der Waals surface area contributed by atoms with E-state index >= 15 is 0 Å².